The number of rotatable bonds is 60. The summed E-state index contributed by atoms with van der Waals surface area (Å²) in [4.78, 5) is 38.3. The zero-order valence-electron chi connectivity index (χ0n) is 48.7. The average molecular weight is 1010 g/mol. The highest BCUT2D eigenvalue weighted by Gasteiger charge is 2.19. The fourth-order valence-electron chi connectivity index (χ4n) is 9.79. The highest BCUT2D eigenvalue weighted by Crippen LogP contribution is 2.18. The molecule has 0 fully saturated rings. The molecule has 0 aliphatic carbocycles. The number of unbranched alkanes of at least 4 members (excludes halogenated alkanes) is 45. The van der Waals surface area contributed by atoms with Crippen molar-refractivity contribution >= 4 is 17.9 Å². The number of ether oxygens (including phenoxy) is 3. The number of allylic oxidation sites excluding steroid dienone is 4. The number of carbonyl (C=O) groups is 3. The van der Waals surface area contributed by atoms with Crippen LogP contribution in [0.1, 0.15) is 361 Å². The number of esters is 3. The summed E-state index contributed by atoms with van der Waals surface area (Å²) in [5, 5.41) is 0. The zero-order valence-corrected chi connectivity index (χ0v) is 48.7. The first-order valence-corrected chi connectivity index (χ1v) is 32.3. The fraction of sp³-hybridized carbons (Fsp3) is 0.894. The zero-order chi connectivity index (χ0) is 52.2. The van der Waals surface area contributed by atoms with Gasteiger partial charge in [0.1, 0.15) is 13.2 Å². The van der Waals surface area contributed by atoms with Gasteiger partial charge in [0.25, 0.3) is 0 Å². The molecule has 72 heavy (non-hydrogen) atoms. The molecule has 0 aromatic carbocycles. The molecule has 0 aromatic rings. The summed E-state index contributed by atoms with van der Waals surface area (Å²) in [5.74, 6) is -0.857. The van der Waals surface area contributed by atoms with Crippen LogP contribution in [-0.4, -0.2) is 37.2 Å². The summed E-state index contributed by atoms with van der Waals surface area (Å²) < 4.78 is 16.9. The summed E-state index contributed by atoms with van der Waals surface area (Å²) in [5.41, 5.74) is 0. The smallest absolute Gasteiger partial charge is 0.306 e. The van der Waals surface area contributed by atoms with Crippen molar-refractivity contribution in [3.8, 4) is 0 Å². The van der Waals surface area contributed by atoms with Gasteiger partial charge in [-0.2, -0.15) is 0 Å². The van der Waals surface area contributed by atoms with E-state index < -0.39 is 6.10 Å². The minimum atomic E-state index is -0.774. The van der Waals surface area contributed by atoms with Crippen LogP contribution in [0.25, 0.3) is 0 Å². The van der Waals surface area contributed by atoms with E-state index in [1.54, 1.807) is 0 Å². The van der Waals surface area contributed by atoms with Gasteiger partial charge in [-0.3, -0.25) is 14.4 Å². The summed E-state index contributed by atoms with van der Waals surface area (Å²) in [6.45, 7) is 6.69. The minimum absolute atomic E-state index is 0.0706. The molecular formula is C66H124O6. The van der Waals surface area contributed by atoms with Crippen molar-refractivity contribution in [1.82, 2.24) is 0 Å². The Labute approximate surface area is 449 Å². The predicted molar refractivity (Wildman–Crippen MR) is 312 cm³/mol. The Kier molecular flexibility index (Phi) is 59.6. The lowest BCUT2D eigenvalue weighted by atomic mass is 10.0. The van der Waals surface area contributed by atoms with Crippen molar-refractivity contribution < 1.29 is 28.6 Å². The Morgan fingerprint density at radius 3 is 0.694 bits per heavy atom. The van der Waals surface area contributed by atoms with E-state index in [1.165, 1.54) is 257 Å². The van der Waals surface area contributed by atoms with Crippen molar-refractivity contribution in [3.05, 3.63) is 24.3 Å². The molecule has 0 spiro atoms. The topological polar surface area (TPSA) is 78.9 Å². The Balaban J connectivity index is 4.32. The van der Waals surface area contributed by atoms with Crippen LogP contribution >= 0.6 is 0 Å². The van der Waals surface area contributed by atoms with Gasteiger partial charge in [-0.05, 0) is 70.6 Å². The summed E-state index contributed by atoms with van der Waals surface area (Å²) in [6, 6.07) is 0. The molecule has 0 rings (SSSR count). The highest BCUT2D eigenvalue weighted by atomic mass is 16.6. The van der Waals surface area contributed by atoms with E-state index in [-0.39, 0.29) is 31.1 Å². The molecule has 0 amide bonds. The summed E-state index contributed by atoms with van der Waals surface area (Å²) in [6.07, 6.45) is 73.2. The van der Waals surface area contributed by atoms with Crippen LogP contribution in [0.2, 0.25) is 0 Å². The lowest BCUT2D eigenvalue weighted by molar-refractivity contribution is -0.167. The van der Waals surface area contributed by atoms with E-state index in [4.69, 9.17) is 14.2 Å². The van der Waals surface area contributed by atoms with Gasteiger partial charge in [0.15, 0.2) is 6.10 Å². The number of hydrogen-bond donors (Lipinski definition) is 0. The quantitative estimate of drug-likeness (QED) is 0.0261. The molecular weight excluding hydrogens is 889 g/mol. The third-order valence-electron chi connectivity index (χ3n) is 14.7. The molecule has 0 saturated carbocycles. The monoisotopic (exact) mass is 1010 g/mol. The van der Waals surface area contributed by atoms with Gasteiger partial charge in [-0.25, -0.2) is 0 Å². The molecule has 424 valence electrons. The second kappa shape index (κ2) is 61.4. The normalized spacial score (nSPS) is 12.1. The van der Waals surface area contributed by atoms with Crippen LogP contribution in [0.5, 0.6) is 0 Å². The van der Waals surface area contributed by atoms with Crippen LogP contribution < -0.4 is 0 Å². The van der Waals surface area contributed by atoms with Crippen LogP contribution in [0.3, 0.4) is 0 Å². The van der Waals surface area contributed by atoms with Crippen molar-refractivity contribution in [2.75, 3.05) is 13.2 Å². The van der Waals surface area contributed by atoms with Crippen molar-refractivity contribution in [3.63, 3.8) is 0 Å². The SMILES string of the molecule is CCCCCCCCC/C=C\CCCCCCCCCC(=O)OC(COC(=O)CCCCCCC/C=C\CCCCCCCCC)COC(=O)CCCCCCCCCCCCCCCCCCCCCC. The van der Waals surface area contributed by atoms with E-state index in [9.17, 15) is 14.4 Å². The summed E-state index contributed by atoms with van der Waals surface area (Å²) >= 11 is 0. The van der Waals surface area contributed by atoms with Gasteiger partial charge in [0, 0.05) is 19.3 Å². The van der Waals surface area contributed by atoms with Crippen LogP contribution in [0.15, 0.2) is 24.3 Å². The molecule has 6 nitrogen and oxygen atoms in total. The number of carbonyl (C=O) groups excluding carboxylic acids is 3. The molecule has 0 aliphatic rings. The van der Waals surface area contributed by atoms with Gasteiger partial charge >= 0.3 is 17.9 Å². The Bertz CT molecular complexity index is 1160. The molecule has 0 N–H and O–H groups in total. The van der Waals surface area contributed by atoms with Crippen LogP contribution in [0, 0.1) is 0 Å². The molecule has 6 heteroatoms. The van der Waals surface area contributed by atoms with Crippen molar-refractivity contribution in [2.45, 2.75) is 367 Å². The third kappa shape index (κ3) is 58.8. The Morgan fingerprint density at radius 1 is 0.264 bits per heavy atom. The van der Waals surface area contributed by atoms with Gasteiger partial charge in [0.2, 0.25) is 0 Å². The van der Waals surface area contributed by atoms with E-state index in [0.717, 1.165) is 64.2 Å². The minimum Gasteiger partial charge on any atom is -0.462 e. The second-order valence-electron chi connectivity index (χ2n) is 22.0. The maximum atomic E-state index is 12.9. The molecule has 0 aromatic heterocycles. The molecule has 0 saturated heterocycles. The number of hydrogen-bond acceptors (Lipinski definition) is 6. The lowest BCUT2D eigenvalue weighted by Gasteiger charge is -2.18. The first-order chi connectivity index (χ1) is 35.5. The molecule has 0 radical (unpaired) electrons. The standard InChI is InChI=1S/C66H124O6/c1-4-7-10-13-16-19-22-25-28-31-33-34-36-38-41-44-47-50-53-56-59-65(68)71-62-63(61-70-64(67)58-55-52-49-46-43-40-37-30-27-24-21-18-15-12-9-6-3)72-66(69)60-57-54-51-48-45-42-39-35-32-29-26-23-20-17-14-11-8-5-2/h29-30,32,37,63H,4-28,31,33-36,38-62H2,1-3H3/b32-29-,37-30-. The average Bonchev–Trinajstić information content (AvgIpc) is 3.38. The van der Waals surface area contributed by atoms with E-state index in [0.29, 0.717) is 19.3 Å². The first kappa shape index (κ1) is 69.9. The highest BCUT2D eigenvalue weighted by molar-refractivity contribution is 5.71. The molecule has 1 unspecified atom stereocenters. The Morgan fingerprint density at radius 2 is 0.458 bits per heavy atom. The van der Waals surface area contributed by atoms with E-state index in [1.807, 2.05) is 0 Å². The third-order valence-corrected chi connectivity index (χ3v) is 14.7. The second-order valence-corrected chi connectivity index (χ2v) is 22.0. The van der Waals surface area contributed by atoms with E-state index >= 15 is 0 Å². The van der Waals surface area contributed by atoms with Crippen LogP contribution in [-0.2, 0) is 28.6 Å². The molecule has 0 aliphatic heterocycles. The van der Waals surface area contributed by atoms with Gasteiger partial charge in [0.05, 0.1) is 0 Å². The lowest BCUT2D eigenvalue weighted by Crippen LogP contribution is -2.30. The summed E-state index contributed by atoms with van der Waals surface area (Å²) in [7, 11) is 0. The van der Waals surface area contributed by atoms with Crippen molar-refractivity contribution in [2.24, 2.45) is 0 Å². The largest absolute Gasteiger partial charge is 0.462 e. The van der Waals surface area contributed by atoms with Crippen molar-refractivity contribution in [1.29, 1.82) is 0 Å². The maximum Gasteiger partial charge on any atom is 0.306 e. The first-order valence-electron chi connectivity index (χ1n) is 32.3. The molecule has 0 heterocycles. The molecule has 0 bridgehead atoms. The van der Waals surface area contributed by atoms with Gasteiger partial charge in [-0.1, -0.05) is 295 Å². The van der Waals surface area contributed by atoms with E-state index in [2.05, 4.69) is 45.1 Å². The fourth-order valence-corrected chi connectivity index (χ4v) is 9.79. The van der Waals surface area contributed by atoms with Gasteiger partial charge < -0.3 is 14.2 Å². The predicted octanol–water partition coefficient (Wildman–Crippen LogP) is 21.8. The maximum absolute atomic E-state index is 12.9. The Hall–Kier alpha value is -2.11. The van der Waals surface area contributed by atoms with Crippen LogP contribution in [0.4, 0.5) is 0 Å². The van der Waals surface area contributed by atoms with Gasteiger partial charge in [-0.15, -0.1) is 0 Å². The molecule has 1 atom stereocenters.